The van der Waals surface area contributed by atoms with Gasteiger partial charge in [-0.2, -0.15) is 0 Å². The zero-order chi connectivity index (χ0) is 91.1. The van der Waals surface area contributed by atoms with Crippen molar-refractivity contribution < 1.29 is 138 Å². The Kier molecular flexibility index (Phi) is 29.5. The maximum Gasteiger partial charge on any atom is 0.335 e. The molecule has 0 saturated carbocycles. The van der Waals surface area contributed by atoms with Gasteiger partial charge < -0.3 is 147 Å². The van der Waals surface area contributed by atoms with Gasteiger partial charge in [0, 0.05) is 48.2 Å². The third-order valence-corrected chi connectivity index (χ3v) is 23.3. The van der Waals surface area contributed by atoms with Crippen LogP contribution in [-0.2, 0) is 59.0 Å². The summed E-state index contributed by atoms with van der Waals surface area (Å²) in [7, 11) is 4.95. The van der Waals surface area contributed by atoms with Crippen molar-refractivity contribution in [2.45, 2.75) is 187 Å². The zero-order valence-electron chi connectivity index (χ0n) is 68.9. The lowest BCUT2D eigenvalue weighted by molar-refractivity contribution is -0.277. The normalized spacial score (nSPS) is 25.9. The lowest BCUT2D eigenvalue weighted by Crippen LogP contribution is -2.66. The standard InChI is InChI=1S/C87H98Cl2N10O28/c1-5-6-7-8-9-10-11-12-14-60(105)93-69-72(108)74(110)77(85(119)120)127-86(69)126-76-57-31-42-32-58(76)123-54-24-19-41(29-49(54)88)70(106)68-84(118)97-66(79(113)91-25-13-26-99(3)4)47-33-43(101)34-56(124-87-75(111)73(109)71(107)59(37-100)125-87)61(47)46-28-39(17-22-51(46)102)64(81(115)98-68)94-82(116)65(42)95-83(117)67-48-35-45(36-53(104)62(48)89)122-55-30-40(18-23-52(55)103)63(90-2)80(114)92-50(78(112)96-67)27-38-15-20-44(121-57)21-16-38/h15-24,28-36,50,59,63-75,77,86-87,90,100-104,106-111H,5-14,25-27,37H2,1-4H3,(H,91,113)(H,92,114)(H,93,105)(H,94,116)(H,95,117)(H,96,112)(H,97,118)(H,98,115)(H,119,120)/t50-,59-,63-,64+,65-,66+,67-,68+,69-,70-,71+,72-,73+,74+,75+,77-,86-,87-/m1/s1. The Morgan fingerprint density at radius 1 is 0.551 bits per heavy atom. The largest absolute Gasteiger partial charge is 0.508 e. The molecule has 7 aromatic carbocycles. The Morgan fingerprint density at radius 2 is 1.20 bits per heavy atom. The molecule has 0 aliphatic carbocycles. The minimum atomic E-state index is -2.45. The van der Waals surface area contributed by atoms with Crippen LogP contribution in [0.25, 0.3) is 11.1 Å². The highest BCUT2D eigenvalue weighted by atomic mass is 35.5. The van der Waals surface area contributed by atoms with Crippen molar-refractivity contribution in [3.05, 3.63) is 164 Å². The number of hydrogen-bond acceptors (Lipinski definition) is 29. The van der Waals surface area contributed by atoms with E-state index in [0.29, 0.717) is 24.9 Å². The van der Waals surface area contributed by atoms with E-state index in [9.17, 15) is 75.7 Å². The first-order valence-electron chi connectivity index (χ1n) is 41.1. The second-order valence-electron chi connectivity index (χ2n) is 31.9. The molecule has 0 unspecified atom stereocenters. The maximum atomic E-state index is 16.8. The van der Waals surface area contributed by atoms with E-state index < -0.39 is 271 Å². The molecule has 127 heavy (non-hydrogen) atoms. The highest BCUT2D eigenvalue weighted by Gasteiger charge is 2.52. The van der Waals surface area contributed by atoms with Crippen molar-refractivity contribution in [2.75, 3.05) is 40.8 Å². The van der Waals surface area contributed by atoms with Crippen LogP contribution in [0.15, 0.2) is 115 Å². The molecule has 18 atom stereocenters. The maximum absolute atomic E-state index is 16.8. The molecule has 8 amide bonds. The summed E-state index contributed by atoms with van der Waals surface area (Å²) in [5.74, 6) is -18.0. The number of nitrogens with zero attached hydrogens (tertiary/aromatic N) is 1. The minimum Gasteiger partial charge on any atom is -0.508 e. The first-order chi connectivity index (χ1) is 60.7. The summed E-state index contributed by atoms with van der Waals surface area (Å²) in [5, 5.41) is 161. The summed E-state index contributed by atoms with van der Waals surface area (Å²) in [5.41, 5.74) is -2.67. The number of carbonyl (C=O) groups is 9. The smallest absolute Gasteiger partial charge is 0.335 e. The number of phenolic OH excluding ortho intramolecular Hbond substituents is 4. The molecule has 0 aromatic heterocycles. The Labute approximate surface area is 735 Å². The van der Waals surface area contributed by atoms with E-state index >= 15 is 28.8 Å². The van der Waals surface area contributed by atoms with Crippen LogP contribution in [0, 0.1) is 0 Å². The second kappa shape index (κ2) is 40.4. The van der Waals surface area contributed by atoms with E-state index in [1.54, 1.807) is 19.0 Å². The molecule has 0 radical (unpaired) electrons. The SMILES string of the molecule is CCCCCCCCCCC(=O)N[C@H]1[C@H](Oc2c3cc4cc2Oc2ccc(cc2Cl)[C@@H](O)[C@@H]2NC(=O)[C@@H](NC(=O)[C@@H]4NC(=O)[C@@H]4NC(=O)[C@@H](Cc5ccc(cc5)O3)NC(=O)[C@H](NC)c3ccc(O)c(c3)Oc3cc(O)c(Cl)c4c3)c3ccc(O)c(c3)-c3c(O[C@@H]4O[C@H](CO)[C@H](O)[C@H](O)[C@@H]4O)cc(O)cc3[C@@H](C(=O)NCCCN(C)C)NC2=O)O[C@@H](C(=O)O)[C@@H](O)[C@@H]1O. The first-order valence-corrected chi connectivity index (χ1v) is 41.9. The van der Waals surface area contributed by atoms with Crippen LogP contribution in [0.3, 0.4) is 0 Å². The summed E-state index contributed by atoms with van der Waals surface area (Å²) < 4.78 is 44.5. The number of aliphatic hydroxyl groups excluding tert-OH is 7. The van der Waals surface area contributed by atoms with Gasteiger partial charge in [-0.15, -0.1) is 0 Å². The van der Waals surface area contributed by atoms with E-state index in [1.165, 1.54) is 49.5 Å². The average molecular weight is 1800 g/mol. The number of carboxylic acids is 1. The predicted octanol–water partition coefficient (Wildman–Crippen LogP) is 3.92. The van der Waals surface area contributed by atoms with Crippen molar-refractivity contribution in [3.8, 4) is 80.1 Å². The molecule has 15 rings (SSSR count). The molecule has 38 nitrogen and oxygen atoms in total. The molecule has 21 N–H and O–H groups in total. The van der Waals surface area contributed by atoms with Crippen LogP contribution < -0.4 is 71.5 Å². The van der Waals surface area contributed by atoms with Crippen LogP contribution in [0.1, 0.15) is 146 Å². The number of carboxylic acid groups (broad SMARTS) is 1. The van der Waals surface area contributed by atoms with Gasteiger partial charge >= 0.3 is 5.97 Å². The summed E-state index contributed by atoms with van der Waals surface area (Å²) in [6.45, 7) is 1.44. The topological polar surface area (TPSA) is 573 Å². The fourth-order valence-electron chi connectivity index (χ4n) is 15.8. The number of aliphatic hydroxyl groups is 7. The molecule has 17 bridgehead atoms. The predicted molar refractivity (Wildman–Crippen MR) is 448 cm³/mol. The summed E-state index contributed by atoms with van der Waals surface area (Å²) >= 11 is 14.3. The van der Waals surface area contributed by atoms with E-state index in [1.807, 2.05) is 0 Å². The Bertz CT molecular complexity index is 5300. The molecule has 40 heteroatoms. The number of aliphatic carboxylic acids is 1. The van der Waals surface area contributed by atoms with Gasteiger partial charge in [-0.05, 0) is 147 Å². The molecular weight excluding hydrogens is 1700 g/mol. The molecule has 2 fully saturated rings. The number of aromatic hydroxyl groups is 4. The lowest BCUT2D eigenvalue weighted by atomic mass is 9.89. The zero-order valence-corrected chi connectivity index (χ0v) is 70.4. The van der Waals surface area contributed by atoms with Crippen LogP contribution >= 0.6 is 23.2 Å². The molecule has 8 heterocycles. The van der Waals surface area contributed by atoms with Crippen LogP contribution in [0.4, 0.5) is 0 Å². The Morgan fingerprint density at radius 3 is 1.89 bits per heavy atom. The van der Waals surface area contributed by atoms with Gasteiger partial charge in [0.05, 0.1) is 16.7 Å². The summed E-state index contributed by atoms with van der Waals surface area (Å²) in [6, 6.07) is 5.68. The number of phenols is 4. The lowest BCUT2D eigenvalue weighted by Gasteiger charge is -2.41. The van der Waals surface area contributed by atoms with Crippen LogP contribution in [0.5, 0.6) is 69.0 Å². The number of halogens is 2. The number of amides is 8. The van der Waals surface area contributed by atoms with Crippen molar-refractivity contribution in [2.24, 2.45) is 0 Å². The number of rotatable bonds is 22. The summed E-state index contributed by atoms with van der Waals surface area (Å²) in [6.07, 6.45) is -14.7. The molecular formula is C87H98Cl2N10O28. The van der Waals surface area contributed by atoms with Gasteiger partial charge in [0.2, 0.25) is 65.6 Å². The monoisotopic (exact) mass is 1800 g/mol. The number of fused-ring (bicyclic) bond motifs is 14. The average Bonchev–Trinajstić information content (AvgIpc) is 0.744. The fourth-order valence-corrected chi connectivity index (χ4v) is 16.2. The molecule has 7 aromatic rings. The fraction of sp³-hybridized carbons (Fsp3) is 0.414. The Balaban J connectivity index is 1.05. The number of carbonyl (C=O) groups excluding carboxylic acids is 8. The summed E-state index contributed by atoms with van der Waals surface area (Å²) in [4.78, 5) is 140. The second-order valence-corrected chi connectivity index (χ2v) is 32.7. The molecule has 8 aliphatic rings. The minimum absolute atomic E-state index is 0.0939. The quantitative estimate of drug-likeness (QED) is 0.0428. The van der Waals surface area contributed by atoms with Gasteiger partial charge in [-0.25, -0.2) is 4.79 Å². The van der Waals surface area contributed by atoms with Gasteiger partial charge in [0.15, 0.2) is 29.1 Å². The number of benzene rings is 7. The van der Waals surface area contributed by atoms with Gasteiger partial charge in [0.1, 0.15) is 131 Å². The van der Waals surface area contributed by atoms with Crippen molar-refractivity contribution in [1.29, 1.82) is 0 Å². The van der Waals surface area contributed by atoms with Gasteiger partial charge in [-0.1, -0.05) is 105 Å². The molecule has 2 saturated heterocycles. The van der Waals surface area contributed by atoms with Crippen molar-refractivity contribution >= 4 is 76.4 Å². The number of likely N-dealkylation sites (N-methyl/N-ethyl adjacent to an activating group) is 1. The van der Waals surface area contributed by atoms with E-state index in [4.69, 9.17) is 56.4 Å². The number of ether oxygens (including phenoxy) is 7. The van der Waals surface area contributed by atoms with Gasteiger partial charge in [-0.3, -0.25) is 38.4 Å². The van der Waals surface area contributed by atoms with Gasteiger partial charge in [0.25, 0.3) is 0 Å². The van der Waals surface area contributed by atoms with Crippen LogP contribution in [-0.4, -0.2) is 234 Å². The molecule has 0 spiro atoms. The van der Waals surface area contributed by atoms with Crippen molar-refractivity contribution in [1.82, 2.24) is 52.8 Å². The highest BCUT2D eigenvalue weighted by Crippen LogP contribution is 2.51. The third-order valence-electron chi connectivity index (χ3n) is 22.6. The van der Waals surface area contributed by atoms with E-state index in [2.05, 4.69) is 54.8 Å². The van der Waals surface area contributed by atoms with E-state index in [0.717, 1.165) is 111 Å². The molecule has 8 aliphatic heterocycles. The first kappa shape index (κ1) is 92.8. The van der Waals surface area contributed by atoms with E-state index in [-0.39, 0.29) is 47.8 Å². The van der Waals surface area contributed by atoms with Crippen LogP contribution in [0.2, 0.25) is 10.0 Å². The molecule has 678 valence electrons. The Hall–Kier alpha value is -11.9. The van der Waals surface area contributed by atoms with Crippen molar-refractivity contribution in [3.63, 3.8) is 0 Å². The number of nitrogens with one attached hydrogen (secondary N) is 9. The number of hydrogen-bond donors (Lipinski definition) is 21. The highest BCUT2D eigenvalue weighted by molar-refractivity contribution is 6.33. The third kappa shape index (κ3) is 20.9. The number of unbranched alkanes of at least 4 members (excludes halogenated alkanes) is 7.